The van der Waals surface area contributed by atoms with Gasteiger partial charge in [0.2, 0.25) is 0 Å². The number of nitrogens with zero attached hydrogens (tertiary/aromatic N) is 4. The van der Waals surface area contributed by atoms with Gasteiger partial charge in [0.25, 0.3) is 0 Å². The number of rotatable bonds is 4. The average Bonchev–Trinajstić information content (AvgIpc) is 3.01. The number of hydrogen-bond donors (Lipinski definition) is 1. The highest BCUT2D eigenvalue weighted by Gasteiger charge is 2.24. The number of aryl methyl sites for hydroxylation is 1. The Balaban J connectivity index is 1.51. The largest absolute Gasteiger partial charge is 0.445 e. The van der Waals surface area contributed by atoms with E-state index < -0.39 is 0 Å². The van der Waals surface area contributed by atoms with Gasteiger partial charge in [-0.2, -0.15) is 5.10 Å². The number of carbonyl (C=O) groups excluding carboxylic acids is 1. The first-order valence-electron chi connectivity index (χ1n) is 8.01. The van der Waals surface area contributed by atoms with Crippen molar-refractivity contribution in [3.63, 3.8) is 0 Å². The zero-order chi connectivity index (χ0) is 16.9. The number of benzene rings is 1. The van der Waals surface area contributed by atoms with Crippen LogP contribution in [0, 0.1) is 0 Å². The molecule has 1 aromatic carbocycles. The first-order valence-corrected chi connectivity index (χ1v) is 8.01. The molecule has 0 bridgehead atoms. The molecule has 7 heteroatoms. The van der Waals surface area contributed by atoms with E-state index in [2.05, 4.69) is 10.00 Å². The lowest BCUT2D eigenvalue weighted by atomic mass is 10.2. The predicted molar refractivity (Wildman–Crippen MR) is 89.5 cm³/mol. The summed E-state index contributed by atoms with van der Waals surface area (Å²) in [5.74, 6) is 0.955. The van der Waals surface area contributed by atoms with Gasteiger partial charge >= 0.3 is 6.09 Å². The Morgan fingerprint density at radius 2 is 1.92 bits per heavy atom. The van der Waals surface area contributed by atoms with Crippen LogP contribution in [-0.4, -0.2) is 52.1 Å². The van der Waals surface area contributed by atoms with Crippen LogP contribution in [-0.2, 0) is 25.0 Å². The molecular weight excluding hydrogens is 308 g/mol. The highest BCUT2D eigenvalue weighted by atomic mass is 16.6. The normalized spacial score (nSPS) is 14.8. The minimum absolute atomic E-state index is 0.0698. The van der Waals surface area contributed by atoms with Gasteiger partial charge in [-0.3, -0.25) is 4.68 Å². The van der Waals surface area contributed by atoms with Crippen molar-refractivity contribution in [3.05, 3.63) is 47.7 Å². The van der Waals surface area contributed by atoms with Crippen LogP contribution in [0.5, 0.6) is 0 Å². The van der Waals surface area contributed by atoms with Crippen molar-refractivity contribution in [3.8, 4) is 0 Å². The number of aromatic nitrogens is 2. The van der Waals surface area contributed by atoms with Crippen molar-refractivity contribution >= 4 is 11.9 Å². The Kier molecular flexibility index (Phi) is 5.00. The van der Waals surface area contributed by atoms with Gasteiger partial charge in [-0.15, -0.1) is 0 Å². The lowest BCUT2D eigenvalue weighted by Gasteiger charge is -2.35. The van der Waals surface area contributed by atoms with E-state index in [1.807, 2.05) is 43.4 Å². The monoisotopic (exact) mass is 330 g/mol. The summed E-state index contributed by atoms with van der Waals surface area (Å²) < 4.78 is 7.13. The Labute approximate surface area is 141 Å². The van der Waals surface area contributed by atoms with E-state index >= 15 is 0 Å². The summed E-state index contributed by atoms with van der Waals surface area (Å²) in [6, 6.07) is 11.5. The zero-order valence-electron chi connectivity index (χ0n) is 13.8. The number of piperazine rings is 1. The third kappa shape index (κ3) is 3.68. The summed E-state index contributed by atoms with van der Waals surface area (Å²) in [4.78, 5) is 16.1. The third-order valence-electron chi connectivity index (χ3n) is 4.13. The van der Waals surface area contributed by atoms with Gasteiger partial charge in [0.15, 0.2) is 0 Å². The van der Waals surface area contributed by atoms with E-state index in [0.717, 1.165) is 11.4 Å². The number of aliphatic hydroxyl groups excluding tert-OH is 1. The minimum atomic E-state index is -0.278. The van der Waals surface area contributed by atoms with Crippen LogP contribution in [0.25, 0.3) is 0 Å². The van der Waals surface area contributed by atoms with E-state index in [4.69, 9.17) is 4.74 Å². The smallest absolute Gasteiger partial charge is 0.410 e. The van der Waals surface area contributed by atoms with Crippen LogP contribution in [0.1, 0.15) is 11.3 Å². The second kappa shape index (κ2) is 7.35. The molecule has 2 heterocycles. The van der Waals surface area contributed by atoms with Gasteiger partial charge in [0.05, 0.1) is 12.3 Å². The molecule has 3 rings (SSSR count). The molecule has 0 unspecified atom stereocenters. The fourth-order valence-corrected chi connectivity index (χ4v) is 2.82. The lowest BCUT2D eigenvalue weighted by Crippen LogP contribution is -2.49. The molecule has 1 aromatic heterocycles. The Hall–Kier alpha value is -2.54. The highest BCUT2D eigenvalue weighted by molar-refractivity contribution is 5.68. The van der Waals surface area contributed by atoms with Crippen LogP contribution in [0.15, 0.2) is 36.4 Å². The fraction of sp³-hybridized carbons (Fsp3) is 0.412. The molecule has 0 aliphatic carbocycles. The maximum atomic E-state index is 12.2. The Bertz CT molecular complexity index is 678. The first kappa shape index (κ1) is 16.3. The molecule has 1 N–H and O–H groups in total. The topological polar surface area (TPSA) is 70.8 Å². The van der Waals surface area contributed by atoms with E-state index in [1.54, 1.807) is 9.58 Å². The number of anilines is 1. The molecule has 0 saturated carbocycles. The van der Waals surface area contributed by atoms with E-state index in [9.17, 15) is 9.90 Å². The van der Waals surface area contributed by atoms with Crippen LogP contribution in [0.2, 0.25) is 0 Å². The molecule has 1 aliphatic rings. The van der Waals surface area contributed by atoms with Crippen LogP contribution < -0.4 is 4.90 Å². The van der Waals surface area contributed by atoms with Gasteiger partial charge in [-0.05, 0) is 5.56 Å². The average molecular weight is 330 g/mol. The van der Waals surface area contributed by atoms with Gasteiger partial charge in [0.1, 0.15) is 12.4 Å². The predicted octanol–water partition coefficient (Wildman–Crippen LogP) is 1.37. The SMILES string of the molecule is Cn1nc(CO)cc1N1CCN(C(=O)OCc2ccccc2)CC1. The molecule has 0 spiro atoms. The first-order chi connectivity index (χ1) is 11.7. The molecule has 1 saturated heterocycles. The van der Waals surface area contributed by atoms with Crippen molar-refractivity contribution in [2.45, 2.75) is 13.2 Å². The van der Waals surface area contributed by atoms with Gasteiger partial charge in [-0.1, -0.05) is 30.3 Å². The molecule has 1 aliphatic heterocycles. The van der Waals surface area contributed by atoms with Gasteiger partial charge in [-0.25, -0.2) is 4.79 Å². The second-order valence-electron chi connectivity index (χ2n) is 5.79. The molecule has 128 valence electrons. The van der Waals surface area contributed by atoms with Crippen molar-refractivity contribution in [2.75, 3.05) is 31.1 Å². The van der Waals surface area contributed by atoms with Gasteiger partial charge < -0.3 is 19.6 Å². The molecular formula is C17H22N4O3. The van der Waals surface area contributed by atoms with Crippen molar-refractivity contribution in [1.29, 1.82) is 0 Å². The number of hydrogen-bond acceptors (Lipinski definition) is 5. The number of carbonyl (C=O) groups is 1. The van der Waals surface area contributed by atoms with E-state index in [1.165, 1.54) is 0 Å². The molecule has 24 heavy (non-hydrogen) atoms. The van der Waals surface area contributed by atoms with E-state index in [-0.39, 0.29) is 12.7 Å². The third-order valence-corrected chi connectivity index (χ3v) is 4.13. The number of amides is 1. The van der Waals surface area contributed by atoms with Gasteiger partial charge in [0, 0.05) is 39.3 Å². The molecule has 7 nitrogen and oxygen atoms in total. The van der Waals surface area contributed by atoms with Crippen molar-refractivity contribution in [1.82, 2.24) is 14.7 Å². The quantitative estimate of drug-likeness (QED) is 0.917. The summed E-state index contributed by atoms with van der Waals surface area (Å²) >= 11 is 0. The summed E-state index contributed by atoms with van der Waals surface area (Å²) in [6.45, 7) is 2.86. The Morgan fingerprint density at radius 3 is 2.54 bits per heavy atom. The number of aliphatic hydroxyl groups is 1. The Morgan fingerprint density at radius 1 is 1.21 bits per heavy atom. The summed E-state index contributed by atoms with van der Waals surface area (Å²) in [7, 11) is 1.86. The fourth-order valence-electron chi connectivity index (χ4n) is 2.82. The standard InChI is InChI=1S/C17H22N4O3/c1-19-16(11-15(12-22)18-19)20-7-9-21(10-8-20)17(23)24-13-14-5-3-2-4-6-14/h2-6,11,22H,7-10,12-13H2,1H3. The lowest BCUT2D eigenvalue weighted by molar-refractivity contribution is 0.0941. The molecule has 0 radical (unpaired) electrons. The molecule has 1 fully saturated rings. The van der Waals surface area contributed by atoms with Crippen LogP contribution in [0.4, 0.5) is 10.6 Å². The van der Waals surface area contributed by atoms with E-state index in [0.29, 0.717) is 38.5 Å². The highest BCUT2D eigenvalue weighted by Crippen LogP contribution is 2.18. The molecule has 1 amide bonds. The minimum Gasteiger partial charge on any atom is -0.445 e. The molecule has 2 aromatic rings. The second-order valence-corrected chi connectivity index (χ2v) is 5.79. The maximum absolute atomic E-state index is 12.2. The number of ether oxygens (including phenoxy) is 1. The molecule has 0 atom stereocenters. The van der Waals surface area contributed by atoms with Crippen LogP contribution >= 0.6 is 0 Å². The summed E-state index contributed by atoms with van der Waals surface area (Å²) in [6.07, 6.45) is -0.278. The summed E-state index contributed by atoms with van der Waals surface area (Å²) in [5.41, 5.74) is 1.63. The summed E-state index contributed by atoms with van der Waals surface area (Å²) in [5, 5.41) is 13.4. The maximum Gasteiger partial charge on any atom is 0.410 e. The van der Waals surface area contributed by atoms with Crippen molar-refractivity contribution in [2.24, 2.45) is 7.05 Å². The van der Waals surface area contributed by atoms with Crippen LogP contribution in [0.3, 0.4) is 0 Å². The zero-order valence-corrected chi connectivity index (χ0v) is 13.8. The van der Waals surface area contributed by atoms with Crippen molar-refractivity contribution < 1.29 is 14.6 Å².